The number of carbonyl (C=O) groups excluding carboxylic acids is 2. The Balaban J connectivity index is 1.58. The lowest BCUT2D eigenvalue weighted by Gasteiger charge is -2.21. The van der Waals surface area contributed by atoms with Crippen LogP contribution in [-0.2, 0) is 27.4 Å². The fourth-order valence-corrected chi connectivity index (χ4v) is 4.63. The Hall–Kier alpha value is -5.20. The number of fused-ring (bicyclic) bond motifs is 3. The number of imide groups is 1. The molecule has 0 aliphatic carbocycles. The lowest BCUT2D eigenvalue weighted by Crippen LogP contribution is -2.38. The van der Waals surface area contributed by atoms with Crippen LogP contribution in [-0.4, -0.2) is 39.9 Å². The van der Waals surface area contributed by atoms with Crippen LogP contribution in [0.25, 0.3) is 21.9 Å². The highest BCUT2D eigenvalue weighted by atomic mass is 16.6. The maximum absolute atomic E-state index is 13.6. The average molecular weight is 563 g/mol. The van der Waals surface area contributed by atoms with E-state index in [0.717, 1.165) is 27.8 Å². The molecule has 0 aliphatic rings. The van der Waals surface area contributed by atoms with Crippen LogP contribution in [0.2, 0.25) is 0 Å². The van der Waals surface area contributed by atoms with E-state index in [-0.39, 0.29) is 31.7 Å². The number of hydrogen-bond acceptors (Lipinski definition) is 7. The van der Waals surface area contributed by atoms with Gasteiger partial charge in [0.25, 0.3) is 0 Å². The number of aromatic nitrogens is 3. The molecule has 0 unspecified atom stereocenters. The second-order valence-corrected chi connectivity index (χ2v) is 9.50. The summed E-state index contributed by atoms with van der Waals surface area (Å²) in [4.78, 5) is 37.4. The molecule has 2 heterocycles. The molecule has 0 N–H and O–H groups in total. The molecule has 9 heteroatoms. The van der Waals surface area contributed by atoms with E-state index in [1.165, 1.54) is 0 Å². The third-order valence-electron chi connectivity index (χ3n) is 6.74. The van der Waals surface area contributed by atoms with Crippen molar-refractivity contribution in [1.29, 1.82) is 0 Å². The zero-order valence-corrected chi connectivity index (χ0v) is 23.2. The smallest absolute Gasteiger partial charge is 0.425 e. The Morgan fingerprint density at radius 3 is 2.10 bits per heavy atom. The Morgan fingerprint density at radius 2 is 1.50 bits per heavy atom. The first-order valence-corrected chi connectivity index (χ1v) is 13.6. The summed E-state index contributed by atoms with van der Waals surface area (Å²) < 4.78 is 18.8. The molecule has 5 rings (SSSR count). The van der Waals surface area contributed by atoms with Crippen molar-refractivity contribution in [1.82, 2.24) is 14.5 Å². The van der Waals surface area contributed by atoms with Crippen molar-refractivity contribution in [3.05, 3.63) is 102 Å². The monoisotopic (exact) mass is 562 g/mol. The largest absolute Gasteiger partial charge is 0.444 e. The van der Waals surface area contributed by atoms with Gasteiger partial charge in [0.15, 0.2) is 5.82 Å². The van der Waals surface area contributed by atoms with Crippen LogP contribution in [0.4, 0.5) is 15.4 Å². The quantitative estimate of drug-likeness (QED) is 0.139. The van der Waals surface area contributed by atoms with Crippen molar-refractivity contribution < 1.29 is 23.8 Å². The molecule has 0 fully saturated rings. The third-order valence-corrected chi connectivity index (χ3v) is 6.74. The molecule has 0 saturated carbocycles. The Kier molecular flexibility index (Phi) is 9.07. The highest BCUT2D eigenvalue weighted by molar-refractivity contribution is 6.16. The average Bonchev–Trinajstić information content (AvgIpc) is 3.48. The van der Waals surface area contributed by atoms with Crippen LogP contribution < -0.4 is 4.90 Å². The van der Waals surface area contributed by atoms with E-state index in [2.05, 4.69) is 10.9 Å². The normalized spacial score (nSPS) is 11.6. The summed E-state index contributed by atoms with van der Waals surface area (Å²) in [7, 11) is 0. The number of benzene rings is 3. The van der Waals surface area contributed by atoms with Crippen molar-refractivity contribution in [2.75, 3.05) is 18.1 Å². The topological polar surface area (TPSA) is 95.8 Å². The molecule has 3 aromatic carbocycles. The van der Waals surface area contributed by atoms with Crippen molar-refractivity contribution in [2.45, 2.75) is 32.6 Å². The van der Waals surface area contributed by atoms with Gasteiger partial charge in [-0.15, -0.1) is 6.42 Å². The number of pyridine rings is 1. The van der Waals surface area contributed by atoms with Crippen LogP contribution in [0.15, 0.2) is 91.3 Å². The van der Waals surface area contributed by atoms with Crippen LogP contribution >= 0.6 is 0 Å². The second-order valence-electron chi connectivity index (χ2n) is 9.50. The van der Waals surface area contributed by atoms with Gasteiger partial charge in [0.1, 0.15) is 25.3 Å². The van der Waals surface area contributed by atoms with E-state index in [1.54, 1.807) is 6.33 Å². The number of imidazole rings is 1. The summed E-state index contributed by atoms with van der Waals surface area (Å²) in [5.41, 5.74) is 3.14. The fourth-order valence-electron chi connectivity index (χ4n) is 4.63. The summed E-state index contributed by atoms with van der Waals surface area (Å²) in [6.07, 6.45) is 5.91. The molecule has 2 amide bonds. The highest BCUT2D eigenvalue weighted by Gasteiger charge is 2.32. The minimum atomic E-state index is -0.931. The number of ether oxygens (including phenoxy) is 3. The zero-order valence-electron chi connectivity index (χ0n) is 23.2. The van der Waals surface area contributed by atoms with Gasteiger partial charge in [0, 0.05) is 5.39 Å². The molecule has 0 radical (unpaired) electrons. The van der Waals surface area contributed by atoms with Crippen molar-refractivity contribution >= 4 is 39.9 Å². The molecular formula is C33H30N4O5. The number of amides is 2. The van der Waals surface area contributed by atoms with Crippen molar-refractivity contribution in [3.63, 3.8) is 0 Å². The standard InChI is InChI=1S/C33H30N4O5/c1-3-19-40-22-26(4-2)36-23-34-29-30(36)27-17-11-12-18-28(27)35-31(29)37(32(38)41-20-24-13-7-5-8-14-24)33(39)42-21-25-15-9-6-10-16-25/h1,5-18,23,26H,4,19-22H2,2H3/t26-/m1/s1. The van der Waals surface area contributed by atoms with Gasteiger partial charge in [-0.25, -0.2) is 19.6 Å². The Labute approximate surface area is 243 Å². The Bertz CT molecular complexity index is 1660. The fraction of sp³-hybridized carbons (Fsp3) is 0.212. The van der Waals surface area contributed by atoms with Gasteiger partial charge in [-0.05, 0) is 23.6 Å². The first kappa shape index (κ1) is 28.3. The predicted molar refractivity (Wildman–Crippen MR) is 160 cm³/mol. The van der Waals surface area contributed by atoms with E-state index in [9.17, 15) is 9.59 Å². The highest BCUT2D eigenvalue weighted by Crippen LogP contribution is 2.34. The molecule has 1 atom stereocenters. The van der Waals surface area contributed by atoms with Crippen molar-refractivity contribution in [2.24, 2.45) is 0 Å². The van der Waals surface area contributed by atoms with Gasteiger partial charge in [-0.1, -0.05) is 91.7 Å². The number of rotatable bonds is 10. The van der Waals surface area contributed by atoms with Crippen LogP contribution in [0.3, 0.4) is 0 Å². The molecule has 2 aromatic heterocycles. The van der Waals surface area contributed by atoms with E-state index < -0.39 is 12.2 Å². The lowest BCUT2D eigenvalue weighted by molar-refractivity contribution is 0.127. The maximum Gasteiger partial charge on any atom is 0.425 e. The molecule has 212 valence electrons. The molecule has 0 aliphatic heterocycles. The first-order chi connectivity index (χ1) is 20.6. The van der Waals surface area contributed by atoms with E-state index >= 15 is 0 Å². The molecule has 0 spiro atoms. The summed E-state index contributed by atoms with van der Waals surface area (Å²) in [6, 6.07) is 25.8. The van der Waals surface area contributed by atoms with Gasteiger partial charge < -0.3 is 18.8 Å². The summed E-state index contributed by atoms with van der Waals surface area (Å²) in [5, 5.41) is 0.805. The predicted octanol–water partition coefficient (Wildman–Crippen LogP) is 6.67. The minimum Gasteiger partial charge on any atom is -0.444 e. The number of nitrogens with zero attached hydrogens (tertiary/aromatic N) is 4. The summed E-state index contributed by atoms with van der Waals surface area (Å²) in [6.45, 7) is 2.49. The van der Waals surface area contributed by atoms with Crippen molar-refractivity contribution in [3.8, 4) is 12.3 Å². The molecule has 0 saturated heterocycles. The Morgan fingerprint density at radius 1 is 0.905 bits per heavy atom. The lowest BCUT2D eigenvalue weighted by atomic mass is 10.1. The first-order valence-electron chi connectivity index (χ1n) is 13.6. The van der Waals surface area contributed by atoms with E-state index in [0.29, 0.717) is 23.2 Å². The maximum atomic E-state index is 13.6. The number of terminal acetylenes is 1. The van der Waals surface area contributed by atoms with E-state index in [4.69, 9.17) is 25.6 Å². The second kappa shape index (κ2) is 13.4. The zero-order chi connectivity index (χ0) is 29.3. The van der Waals surface area contributed by atoms with Gasteiger partial charge in [-0.2, -0.15) is 4.90 Å². The number of carbonyl (C=O) groups is 2. The third kappa shape index (κ3) is 6.24. The van der Waals surface area contributed by atoms with Crippen LogP contribution in [0, 0.1) is 12.3 Å². The number of hydrogen-bond donors (Lipinski definition) is 0. The molecule has 42 heavy (non-hydrogen) atoms. The van der Waals surface area contributed by atoms with Gasteiger partial charge >= 0.3 is 12.2 Å². The molecule has 5 aromatic rings. The van der Waals surface area contributed by atoms with Gasteiger partial charge in [0.05, 0.1) is 30.0 Å². The SMILES string of the molecule is C#CCOC[C@@H](CC)n1cnc2c(N(C(=O)OCc3ccccc3)C(=O)OCc3ccccc3)nc3ccccc3c21. The van der Waals surface area contributed by atoms with Crippen LogP contribution in [0.1, 0.15) is 30.5 Å². The number of para-hydroxylation sites is 1. The van der Waals surface area contributed by atoms with Gasteiger partial charge in [0.2, 0.25) is 0 Å². The van der Waals surface area contributed by atoms with Gasteiger partial charge in [-0.3, -0.25) is 0 Å². The minimum absolute atomic E-state index is 0.0120. The number of anilines is 1. The molecular weight excluding hydrogens is 532 g/mol. The molecule has 0 bridgehead atoms. The summed E-state index contributed by atoms with van der Waals surface area (Å²) >= 11 is 0. The summed E-state index contributed by atoms with van der Waals surface area (Å²) in [5.74, 6) is 2.50. The molecule has 9 nitrogen and oxygen atoms in total. The van der Waals surface area contributed by atoms with Crippen LogP contribution in [0.5, 0.6) is 0 Å². The van der Waals surface area contributed by atoms with E-state index in [1.807, 2.05) is 96.4 Å².